The fourth-order valence-electron chi connectivity index (χ4n) is 2.75. The number of halogens is 27. The van der Waals surface area contributed by atoms with Crippen LogP contribution < -0.4 is 0 Å². The van der Waals surface area contributed by atoms with Gasteiger partial charge in [-0.2, -0.15) is 114 Å². The third kappa shape index (κ3) is 5.09. The summed E-state index contributed by atoms with van der Waals surface area (Å²) in [4.78, 5) is 0. The van der Waals surface area contributed by atoms with Gasteiger partial charge in [-0.25, -0.2) is 4.39 Å². The lowest BCUT2D eigenvalue weighted by Gasteiger charge is -2.46. The maximum Gasteiger partial charge on any atom is 0.438 e. The second kappa shape index (κ2) is 10.3. The Labute approximate surface area is 226 Å². The molecular weight excluding hydrogens is 737 g/mol. The summed E-state index contributed by atoms with van der Waals surface area (Å²) in [5.41, 5.74) is -9.22. The molecule has 0 spiro atoms. The molecule has 0 N–H and O–H groups in total. The van der Waals surface area contributed by atoms with Crippen LogP contribution in [0.4, 0.5) is 119 Å². The molecule has 1 rings (SSSR count). The van der Waals surface area contributed by atoms with Crippen molar-refractivity contribution in [2.75, 3.05) is 13.2 Å². The Morgan fingerprint density at radius 3 is 0.822 bits per heavy atom. The standard InChI is InChI=1S/C16H5F27O2/c17-4(14(36,37)38,15(39,40)41)5(18,19)6(20,21)7(22,23)8(24,25)9(26,27)10(28,29)11(30,31)12(32,33)13(34,35)16(42,43)45-2-3-1-44-3/h3H,1-2H2. The monoisotopic (exact) mass is 742 g/mol. The number of hydrogen-bond donors (Lipinski definition) is 0. The van der Waals surface area contributed by atoms with Gasteiger partial charge in [0.25, 0.3) is 0 Å². The first-order chi connectivity index (χ1) is 19.1. The molecule has 1 aliphatic rings. The molecule has 0 saturated carbocycles. The van der Waals surface area contributed by atoms with E-state index in [4.69, 9.17) is 0 Å². The molecule has 270 valence electrons. The Kier molecular flexibility index (Phi) is 9.36. The third-order valence-corrected chi connectivity index (χ3v) is 5.59. The average molecular weight is 742 g/mol. The van der Waals surface area contributed by atoms with Gasteiger partial charge in [-0.1, -0.05) is 0 Å². The first-order valence-corrected chi connectivity index (χ1v) is 9.94. The lowest BCUT2D eigenvalue weighted by atomic mass is 9.82. The largest absolute Gasteiger partial charge is 0.438 e. The minimum atomic E-state index is -9.83. The molecule has 0 aliphatic carbocycles. The number of alkyl halides is 27. The van der Waals surface area contributed by atoms with E-state index >= 15 is 0 Å². The summed E-state index contributed by atoms with van der Waals surface area (Å²) in [6.07, 6.45) is -26.4. The molecule has 0 aromatic carbocycles. The number of rotatable bonds is 13. The number of epoxide rings is 1. The third-order valence-electron chi connectivity index (χ3n) is 5.59. The van der Waals surface area contributed by atoms with Crippen LogP contribution in [0.15, 0.2) is 0 Å². The summed E-state index contributed by atoms with van der Waals surface area (Å²) in [5.74, 6) is -85.1. The van der Waals surface area contributed by atoms with Gasteiger partial charge in [-0.05, 0) is 0 Å². The normalized spacial score (nSPS) is 19.7. The molecule has 0 bridgehead atoms. The van der Waals surface area contributed by atoms with Crippen molar-refractivity contribution < 1.29 is 128 Å². The average Bonchev–Trinajstić information content (AvgIpc) is 3.64. The minimum absolute atomic E-state index is 0.721. The van der Waals surface area contributed by atoms with Crippen LogP contribution in [0.1, 0.15) is 0 Å². The van der Waals surface area contributed by atoms with Gasteiger partial charge in [0.15, 0.2) is 0 Å². The van der Waals surface area contributed by atoms with Crippen LogP contribution in [0.2, 0.25) is 0 Å². The fraction of sp³-hybridized carbons (Fsp3) is 1.00. The minimum Gasteiger partial charge on any atom is -0.371 e. The number of hydrogen-bond acceptors (Lipinski definition) is 2. The van der Waals surface area contributed by atoms with Gasteiger partial charge >= 0.3 is 77.4 Å². The van der Waals surface area contributed by atoms with Crippen LogP contribution in [-0.4, -0.2) is 96.8 Å². The first-order valence-electron chi connectivity index (χ1n) is 9.94. The van der Waals surface area contributed by atoms with Gasteiger partial charge in [0.2, 0.25) is 0 Å². The summed E-state index contributed by atoms with van der Waals surface area (Å²) in [6.45, 7) is -2.75. The molecular formula is C16H5F27O2. The molecule has 0 amide bonds. The summed E-state index contributed by atoms with van der Waals surface area (Å²) >= 11 is 0. The Morgan fingerprint density at radius 2 is 0.600 bits per heavy atom. The van der Waals surface area contributed by atoms with Gasteiger partial charge in [0.1, 0.15) is 6.10 Å². The Hall–Kier alpha value is -1.97. The fourth-order valence-corrected chi connectivity index (χ4v) is 2.75. The summed E-state index contributed by atoms with van der Waals surface area (Å²) < 4.78 is 367. The van der Waals surface area contributed by atoms with E-state index in [-0.39, 0.29) is 0 Å². The molecule has 45 heavy (non-hydrogen) atoms. The van der Waals surface area contributed by atoms with Crippen LogP contribution in [0, 0.1) is 0 Å². The van der Waals surface area contributed by atoms with Crippen molar-refractivity contribution in [2.24, 2.45) is 0 Å². The van der Waals surface area contributed by atoms with E-state index in [1.165, 1.54) is 0 Å². The molecule has 0 radical (unpaired) electrons. The van der Waals surface area contributed by atoms with Crippen molar-refractivity contribution in [3.63, 3.8) is 0 Å². The predicted octanol–water partition coefficient (Wildman–Crippen LogP) is 8.55. The van der Waals surface area contributed by atoms with E-state index in [0.29, 0.717) is 0 Å². The van der Waals surface area contributed by atoms with Gasteiger partial charge in [-0.15, -0.1) is 0 Å². The summed E-state index contributed by atoms with van der Waals surface area (Å²) in [6, 6.07) is 0. The zero-order valence-electron chi connectivity index (χ0n) is 19.5. The van der Waals surface area contributed by atoms with Crippen molar-refractivity contribution >= 4 is 0 Å². The Morgan fingerprint density at radius 1 is 0.378 bits per heavy atom. The van der Waals surface area contributed by atoms with Crippen LogP contribution in [-0.2, 0) is 9.47 Å². The molecule has 1 saturated heterocycles. The maximum atomic E-state index is 13.7. The second-order valence-corrected chi connectivity index (χ2v) is 8.61. The maximum absolute atomic E-state index is 13.7. The van der Waals surface area contributed by atoms with E-state index in [2.05, 4.69) is 9.47 Å². The van der Waals surface area contributed by atoms with E-state index < -0.39 is 96.8 Å². The van der Waals surface area contributed by atoms with E-state index in [1.54, 1.807) is 0 Å². The Balaban J connectivity index is 3.88. The molecule has 1 unspecified atom stereocenters. The van der Waals surface area contributed by atoms with Gasteiger partial charge in [-0.3, -0.25) is 0 Å². The molecule has 1 fully saturated rings. The van der Waals surface area contributed by atoms with Gasteiger partial charge < -0.3 is 9.47 Å². The molecule has 0 aromatic heterocycles. The van der Waals surface area contributed by atoms with Crippen molar-refractivity contribution in [1.29, 1.82) is 0 Å². The first kappa shape index (κ1) is 41.1. The lowest BCUT2D eigenvalue weighted by Crippen LogP contribution is -2.79. The SMILES string of the molecule is FC(F)(F)C(F)(C(F)(F)F)C(F)(F)C(F)(F)C(F)(F)C(F)(F)C(F)(F)C(F)(F)C(F)(F)C(F)(F)C(F)(F)C(F)(F)OCC1CO1. The van der Waals surface area contributed by atoms with Crippen LogP contribution in [0.5, 0.6) is 0 Å². The topological polar surface area (TPSA) is 21.8 Å². The molecule has 29 heteroatoms. The molecule has 1 aliphatic heterocycles. The molecule has 1 atom stereocenters. The van der Waals surface area contributed by atoms with Crippen LogP contribution in [0.3, 0.4) is 0 Å². The van der Waals surface area contributed by atoms with E-state index in [1.807, 2.05) is 0 Å². The van der Waals surface area contributed by atoms with Crippen molar-refractivity contribution in [1.82, 2.24) is 0 Å². The van der Waals surface area contributed by atoms with Gasteiger partial charge in [0.05, 0.1) is 13.2 Å². The Bertz CT molecular complexity index is 1060. The van der Waals surface area contributed by atoms with Crippen molar-refractivity contribution in [2.45, 2.75) is 83.5 Å². The highest BCUT2D eigenvalue weighted by molar-refractivity contribution is 5.21. The van der Waals surface area contributed by atoms with E-state index in [9.17, 15) is 119 Å². The van der Waals surface area contributed by atoms with Crippen molar-refractivity contribution in [3.8, 4) is 0 Å². The zero-order valence-corrected chi connectivity index (χ0v) is 19.5. The van der Waals surface area contributed by atoms with Crippen LogP contribution >= 0.6 is 0 Å². The highest BCUT2D eigenvalue weighted by Gasteiger charge is 3.01. The zero-order chi connectivity index (χ0) is 36.9. The predicted molar refractivity (Wildman–Crippen MR) is 81.1 cm³/mol. The van der Waals surface area contributed by atoms with Crippen molar-refractivity contribution in [3.05, 3.63) is 0 Å². The highest BCUT2D eigenvalue weighted by atomic mass is 19.4. The van der Waals surface area contributed by atoms with E-state index in [0.717, 1.165) is 0 Å². The number of ether oxygens (including phenoxy) is 2. The summed E-state index contributed by atoms with van der Waals surface area (Å²) in [7, 11) is 0. The lowest BCUT2D eigenvalue weighted by molar-refractivity contribution is -0.492. The smallest absolute Gasteiger partial charge is 0.371 e. The second-order valence-electron chi connectivity index (χ2n) is 8.61. The van der Waals surface area contributed by atoms with Crippen LogP contribution in [0.25, 0.3) is 0 Å². The van der Waals surface area contributed by atoms with Gasteiger partial charge in [0, 0.05) is 0 Å². The molecule has 0 aromatic rings. The highest BCUT2D eigenvalue weighted by Crippen LogP contribution is 2.69. The summed E-state index contributed by atoms with van der Waals surface area (Å²) in [5, 5.41) is 0. The molecule has 2 nitrogen and oxygen atoms in total. The quantitative estimate of drug-likeness (QED) is 0.140. The molecule has 1 heterocycles.